The molecule has 2 rings (SSSR count). The van der Waals surface area contributed by atoms with E-state index in [-0.39, 0.29) is 56.4 Å². The van der Waals surface area contributed by atoms with E-state index < -0.39 is 46.9 Å². The maximum absolute atomic E-state index is 10.7. The minimum atomic E-state index is -5.12. The Morgan fingerprint density at radius 3 is 2.33 bits per heavy atom. The first-order valence-corrected chi connectivity index (χ1v) is 10.1. The molecule has 1 aromatic rings. The molecule has 1 aromatic carbocycles. The Morgan fingerprint density at radius 1 is 1.22 bits per heavy atom. The van der Waals surface area contributed by atoms with E-state index in [1.165, 1.54) is 12.1 Å². The smallest absolute Gasteiger partial charge is 0.714 e. The molecule has 1 aliphatic heterocycles. The van der Waals surface area contributed by atoms with Crippen molar-refractivity contribution < 1.29 is 93.8 Å². The zero-order valence-electron chi connectivity index (χ0n) is 13.9. The van der Waals surface area contributed by atoms with Gasteiger partial charge in [0, 0.05) is 10.0 Å². The van der Waals surface area contributed by atoms with Gasteiger partial charge in [0.1, 0.15) is 34.9 Å². The van der Waals surface area contributed by atoms with Crippen LogP contribution < -0.4 is 51.4 Å². The zero-order chi connectivity index (χ0) is 19.5. The van der Waals surface area contributed by atoms with E-state index in [4.69, 9.17) is 4.74 Å². The number of aliphatic hydroxyl groups is 4. The summed E-state index contributed by atoms with van der Waals surface area (Å²) in [5, 5.41) is 42.0. The van der Waals surface area contributed by atoms with Crippen LogP contribution in [0.4, 0.5) is 0 Å². The van der Waals surface area contributed by atoms with Crippen molar-refractivity contribution in [2.24, 2.45) is 5.16 Å². The van der Waals surface area contributed by atoms with Gasteiger partial charge in [0.25, 0.3) is 10.4 Å². The molecule has 5 atom stereocenters. The van der Waals surface area contributed by atoms with Crippen molar-refractivity contribution in [3.05, 3.63) is 34.3 Å². The Balaban J connectivity index is 0.00000364. The molecule has 0 aliphatic carbocycles. The molecule has 1 heterocycles. The predicted molar refractivity (Wildman–Crippen MR) is 92.8 cm³/mol. The van der Waals surface area contributed by atoms with Crippen molar-refractivity contribution in [2.75, 3.05) is 6.61 Å². The molecule has 0 radical (unpaired) electrons. The van der Waals surface area contributed by atoms with Crippen LogP contribution in [0, 0.1) is 0 Å². The topological polar surface area (TPSA) is 169 Å². The van der Waals surface area contributed by atoms with E-state index in [1.54, 1.807) is 12.1 Å². The number of hydrogen-bond acceptors (Lipinski definition) is 11. The van der Waals surface area contributed by atoms with E-state index >= 15 is 0 Å². The first-order valence-electron chi connectivity index (χ1n) is 7.08. The average molecular weight is 512 g/mol. The van der Waals surface area contributed by atoms with Crippen LogP contribution >= 0.6 is 27.7 Å². The van der Waals surface area contributed by atoms with Gasteiger partial charge in [-0.15, -0.1) is 0 Å². The van der Waals surface area contributed by atoms with Crippen LogP contribution in [0.15, 0.2) is 33.9 Å². The summed E-state index contributed by atoms with van der Waals surface area (Å²) in [4.78, 5) is 0. The molecule has 10 nitrogen and oxygen atoms in total. The second-order valence-corrected chi connectivity index (χ2v) is 8.17. The van der Waals surface area contributed by atoms with Crippen LogP contribution in [0.1, 0.15) is 5.56 Å². The maximum Gasteiger partial charge on any atom is 1.00 e. The SMILES string of the molecule is O=S(=O)([O-])O/N=C(\S[C@@H]1O[C@H](CO)[C@@H](O)[C@H](O)[C@H]1O)c1ccc(Br)cc1.[K+]. The summed E-state index contributed by atoms with van der Waals surface area (Å²) >= 11 is 3.88. The fourth-order valence-electron chi connectivity index (χ4n) is 2.09. The van der Waals surface area contributed by atoms with Gasteiger partial charge >= 0.3 is 51.4 Å². The van der Waals surface area contributed by atoms with Crippen molar-refractivity contribution in [1.82, 2.24) is 0 Å². The fourth-order valence-corrected chi connectivity index (χ4v) is 3.64. The molecule has 1 fully saturated rings. The van der Waals surface area contributed by atoms with Gasteiger partial charge in [-0.1, -0.05) is 45.0 Å². The molecule has 1 aliphatic rings. The van der Waals surface area contributed by atoms with Gasteiger partial charge in [-0.05, 0) is 12.1 Å². The largest absolute Gasteiger partial charge is 1.00 e. The molecular formula is C13H15BrKNO9S2. The summed E-state index contributed by atoms with van der Waals surface area (Å²) in [6.07, 6.45) is -5.89. The van der Waals surface area contributed by atoms with Crippen molar-refractivity contribution in [1.29, 1.82) is 0 Å². The molecule has 0 amide bonds. The molecule has 146 valence electrons. The number of halogens is 1. The van der Waals surface area contributed by atoms with Gasteiger partial charge in [-0.25, -0.2) is 0 Å². The average Bonchev–Trinajstić information content (AvgIpc) is 2.58. The zero-order valence-corrected chi connectivity index (χ0v) is 20.2. The number of nitrogens with zero attached hydrogens (tertiary/aromatic N) is 1. The van der Waals surface area contributed by atoms with Gasteiger partial charge in [-0.3, -0.25) is 4.28 Å². The number of aliphatic hydroxyl groups excluding tert-OH is 4. The van der Waals surface area contributed by atoms with Crippen LogP contribution in [0.25, 0.3) is 0 Å². The standard InChI is InChI=1S/C13H16BrNO9S2.K/c14-7-3-1-6(2-4-7)12(15-24-26(20,21)22)25-13-11(19)10(18)9(17)8(5-16)23-13;/h1-4,8-11,13,16-19H,5H2,(H,20,21,22);/q;+1/p-1/b15-12-;/t8-,9-,10+,11-,13+;/m1./s1. The van der Waals surface area contributed by atoms with Crippen LogP contribution in [0.5, 0.6) is 0 Å². The quantitative estimate of drug-likeness (QED) is 0.0765. The van der Waals surface area contributed by atoms with Gasteiger partial charge in [0.2, 0.25) is 0 Å². The summed E-state index contributed by atoms with van der Waals surface area (Å²) in [6.45, 7) is -0.627. The molecule has 4 N–H and O–H groups in total. The molecule has 0 spiro atoms. The minimum absolute atomic E-state index is 0. The van der Waals surface area contributed by atoms with E-state index in [1.807, 2.05) is 0 Å². The first kappa shape index (κ1) is 25.9. The number of oxime groups is 1. The molecule has 14 heteroatoms. The van der Waals surface area contributed by atoms with E-state index in [2.05, 4.69) is 25.4 Å². The maximum atomic E-state index is 10.7. The Morgan fingerprint density at radius 2 is 1.81 bits per heavy atom. The predicted octanol–water partition coefficient (Wildman–Crippen LogP) is -3.88. The third kappa shape index (κ3) is 7.56. The van der Waals surface area contributed by atoms with Crippen LogP contribution in [0.2, 0.25) is 0 Å². The third-order valence-corrected chi connectivity index (χ3v) is 5.32. The summed E-state index contributed by atoms with van der Waals surface area (Å²) in [5.74, 6) is 0. The van der Waals surface area contributed by atoms with Gasteiger partial charge in [0.15, 0.2) is 0 Å². The first-order chi connectivity index (χ1) is 12.1. The van der Waals surface area contributed by atoms with Crippen molar-refractivity contribution in [3.63, 3.8) is 0 Å². The summed E-state index contributed by atoms with van der Waals surface area (Å²) in [6, 6.07) is 6.29. The molecular weight excluding hydrogens is 497 g/mol. The minimum Gasteiger partial charge on any atom is -0.714 e. The number of rotatable bonds is 5. The molecule has 27 heavy (non-hydrogen) atoms. The summed E-state index contributed by atoms with van der Waals surface area (Å²) < 4.78 is 42.0. The van der Waals surface area contributed by atoms with Crippen molar-refractivity contribution in [2.45, 2.75) is 29.9 Å². The number of hydrogen-bond donors (Lipinski definition) is 4. The number of thioether (sulfide) groups is 1. The summed E-state index contributed by atoms with van der Waals surface area (Å²) in [7, 11) is -5.12. The van der Waals surface area contributed by atoms with Gasteiger partial charge < -0.3 is 29.7 Å². The number of benzene rings is 1. The van der Waals surface area contributed by atoms with Crippen molar-refractivity contribution >= 4 is 43.1 Å². The van der Waals surface area contributed by atoms with Crippen LogP contribution in [0.3, 0.4) is 0 Å². The number of ether oxygens (including phenoxy) is 1. The Hall–Kier alpha value is 0.866. The monoisotopic (exact) mass is 511 g/mol. The normalized spacial score (nSPS) is 29.1. The van der Waals surface area contributed by atoms with E-state index in [9.17, 15) is 33.4 Å². The van der Waals surface area contributed by atoms with Crippen molar-refractivity contribution in [3.8, 4) is 0 Å². The van der Waals surface area contributed by atoms with E-state index in [0.29, 0.717) is 17.3 Å². The van der Waals surface area contributed by atoms with Crippen LogP contribution in [-0.4, -0.2) is 74.9 Å². The second-order valence-electron chi connectivity index (χ2n) is 5.20. The summed E-state index contributed by atoms with van der Waals surface area (Å²) in [5.41, 5.74) is -0.898. The third-order valence-electron chi connectivity index (χ3n) is 3.38. The Bertz CT molecular complexity index is 747. The molecule has 1 saturated heterocycles. The van der Waals surface area contributed by atoms with Crippen LogP contribution in [-0.2, 0) is 19.4 Å². The fraction of sp³-hybridized carbons (Fsp3) is 0.462. The van der Waals surface area contributed by atoms with E-state index in [0.717, 1.165) is 4.47 Å². The Labute approximate surface area is 210 Å². The molecule has 0 aromatic heterocycles. The Kier molecular flexibility index (Phi) is 10.9. The molecule has 0 saturated carbocycles. The molecule has 0 bridgehead atoms. The molecule has 0 unspecified atom stereocenters. The van der Waals surface area contributed by atoms with Gasteiger partial charge in [-0.2, -0.15) is 8.42 Å². The second kappa shape index (κ2) is 11.3. The van der Waals surface area contributed by atoms with Gasteiger partial charge in [0.05, 0.1) is 6.61 Å².